The van der Waals surface area contributed by atoms with E-state index in [-0.39, 0.29) is 6.04 Å². The molecule has 0 bridgehead atoms. The molecule has 20 heavy (non-hydrogen) atoms. The second-order valence-corrected chi connectivity index (χ2v) is 4.76. The Morgan fingerprint density at radius 1 is 1.05 bits per heavy atom. The van der Waals surface area contributed by atoms with Gasteiger partial charge >= 0.3 is 0 Å². The van der Waals surface area contributed by atoms with E-state index in [1.807, 2.05) is 24.3 Å². The van der Waals surface area contributed by atoms with Crippen LogP contribution in [0, 0.1) is 0 Å². The van der Waals surface area contributed by atoms with Gasteiger partial charge in [-0.2, -0.15) is 0 Å². The Kier molecular flexibility index (Phi) is 5.02. The Hall–Kier alpha value is -2.00. The number of ether oxygens (including phenoxy) is 1. The van der Waals surface area contributed by atoms with E-state index in [9.17, 15) is 0 Å². The summed E-state index contributed by atoms with van der Waals surface area (Å²) < 4.78 is 5.16. The Morgan fingerprint density at radius 3 is 2.20 bits per heavy atom. The smallest absolute Gasteiger partial charge is 0.119 e. The second-order valence-electron chi connectivity index (χ2n) is 4.76. The molecule has 3 N–H and O–H groups in total. The molecular formula is C17H22N2O. The molecule has 0 saturated heterocycles. The van der Waals surface area contributed by atoms with Crippen molar-refractivity contribution in [2.75, 3.05) is 19.0 Å². The van der Waals surface area contributed by atoms with Gasteiger partial charge in [-0.05, 0) is 41.8 Å². The Morgan fingerprint density at radius 2 is 1.70 bits per heavy atom. The Balaban J connectivity index is 2.10. The van der Waals surface area contributed by atoms with Gasteiger partial charge in [-0.15, -0.1) is 0 Å². The van der Waals surface area contributed by atoms with Crippen molar-refractivity contribution in [1.82, 2.24) is 0 Å². The highest BCUT2D eigenvalue weighted by molar-refractivity contribution is 5.48. The quantitative estimate of drug-likeness (QED) is 0.846. The average Bonchev–Trinajstić information content (AvgIpc) is 2.53. The molecule has 0 heterocycles. The third-order valence-electron chi connectivity index (χ3n) is 3.46. The number of hydrogen-bond acceptors (Lipinski definition) is 3. The number of nitrogens with one attached hydrogen (secondary N) is 1. The fraction of sp³-hybridized carbons (Fsp3) is 0.294. The summed E-state index contributed by atoms with van der Waals surface area (Å²) >= 11 is 0. The van der Waals surface area contributed by atoms with Gasteiger partial charge in [0.15, 0.2) is 0 Å². The minimum absolute atomic E-state index is 0.120. The maximum Gasteiger partial charge on any atom is 0.119 e. The highest BCUT2D eigenvalue weighted by atomic mass is 16.5. The van der Waals surface area contributed by atoms with E-state index in [2.05, 4.69) is 36.5 Å². The summed E-state index contributed by atoms with van der Waals surface area (Å²) in [4.78, 5) is 0. The number of hydrogen-bond donors (Lipinski definition) is 2. The SMILES string of the molecule is CCc1ccc(C(CN)Nc2ccc(OC)cc2)cc1. The second kappa shape index (κ2) is 6.96. The molecule has 0 aliphatic rings. The molecule has 0 amide bonds. The van der Waals surface area contributed by atoms with Gasteiger partial charge in [0.05, 0.1) is 13.2 Å². The maximum absolute atomic E-state index is 5.89. The molecule has 0 aliphatic carbocycles. The summed E-state index contributed by atoms with van der Waals surface area (Å²) in [6.45, 7) is 2.71. The predicted molar refractivity (Wildman–Crippen MR) is 84.2 cm³/mol. The highest BCUT2D eigenvalue weighted by Gasteiger charge is 2.09. The molecule has 3 nitrogen and oxygen atoms in total. The number of benzene rings is 2. The van der Waals surface area contributed by atoms with Crippen molar-refractivity contribution >= 4 is 5.69 Å². The summed E-state index contributed by atoms with van der Waals surface area (Å²) in [5.74, 6) is 0.854. The van der Waals surface area contributed by atoms with E-state index in [4.69, 9.17) is 10.5 Å². The summed E-state index contributed by atoms with van der Waals surface area (Å²) in [5.41, 5.74) is 9.48. The maximum atomic E-state index is 5.89. The van der Waals surface area contributed by atoms with Crippen molar-refractivity contribution in [3.8, 4) is 5.75 Å². The van der Waals surface area contributed by atoms with Crippen molar-refractivity contribution in [3.05, 3.63) is 59.7 Å². The zero-order valence-corrected chi connectivity index (χ0v) is 12.1. The van der Waals surface area contributed by atoms with Crippen molar-refractivity contribution in [2.45, 2.75) is 19.4 Å². The molecule has 0 saturated carbocycles. The van der Waals surface area contributed by atoms with E-state index in [1.165, 1.54) is 11.1 Å². The largest absolute Gasteiger partial charge is 0.497 e. The lowest BCUT2D eigenvalue weighted by atomic mass is 10.0. The lowest BCUT2D eigenvalue weighted by molar-refractivity contribution is 0.415. The molecule has 0 spiro atoms. The van der Waals surface area contributed by atoms with Crippen LogP contribution in [0.25, 0.3) is 0 Å². The standard InChI is InChI=1S/C17H22N2O/c1-3-13-4-6-14(7-5-13)17(12-18)19-15-8-10-16(20-2)11-9-15/h4-11,17,19H,3,12,18H2,1-2H3. The third-order valence-corrected chi connectivity index (χ3v) is 3.46. The van der Waals surface area contributed by atoms with Crippen molar-refractivity contribution < 1.29 is 4.74 Å². The first-order valence-corrected chi connectivity index (χ1v) is 6.96. The van der Waals surface area contributed by atoms with Gasteiger partial charge in [-0.25, -0.2) is 0 Å². The Bertz CT molecular complexity index is 520. The van der Waals surface area contributed by atoms with Gasteiger partial charge in [0.1, 0.15) is 5.75 Å². The molecule has 0 aromatic heterocycles. The fourth-order valence-electron chi connectivity index (χ4n) is 2.15. The van der Waals surface area contributed by atoms with Gasteiger partial charge < -0.3 is 15.8 Å². The number of methoxy groups -OCH3 is 1. The summed E-state index contributed by atoms with van der Waals surface area (Å²) in [6.07, 6.45) is 1.06. The van der Waals surface area contributed by atoms with Gasteiger partial charge in [0, 0.05) is 12.2 Å². The van der Waals surface area contributed by atoms with E-state index in [0.717, 1.165) is 17.9 Å². The molecule has 3 heteroatoms. The van der Waals surface area contributed by atoms with E-state index >= 15 is 0 Å². The van der Waals surface area contributed by atoms with Crippen LogP contribution in [-0.2, 0) is 6.42 Å². The van der Waals surface area contributed by atoms with Crippen molar-refractivity contribution in [1.29, 1.82) is 0 Å². The van der Waals surface area contributed by atoms with E-state index in [1.54, 1.807) is 7.11 Å². The monoisotopic (exact) mass is 270 g/mol. The predicted octanol–water partition coefficient (Wildman–Crippen LogP) is 3.37. The van der Waals surface area contributed by atoms with Crippen LogP contribution in [0.2, 0.25) is 0 Å². The average molecular weight is 270 g/mol. The first kappa shape index (κ1) is 14.4. The van der Waals surface area contributed by atoms with Crippen LogP contribution in [0.15, 0.2) is 48.5 Å². The summed E-state index contributed by atoms with van der Waals surface area (Å²) in [6, 6.07) is 16.6. The Labute approximate surface area is 120 Å². The molecule has 2 aromatic carbocycles. The van der Waals surface area contributed by atoms with Crippen LogP contribution in [0.1, 0.15) is 24.1 Å². The molecule has 106 valence electrons. The van der Waals surface area contributed by atoms with Crippen molar-refractivity contribution in [3.63, 3.8) is 0 Å². The van der Waals surface area contributed by atoms with E-state index in [0.29, 0.717) is 6.54 Å². The van der Waals surface area contributed by atoms with Crippen LogP contribution in [0.3, 0.4) is 0 Å². The van der Waals surface area contributed by atoms with Crippen LogP contribution in [0.4, 0.5) is 5.69 Å². The lowest BCUT2D eigenvalue weighted by Crippen LogP contribution is -2.20. The molecule has 0 aliphatic heterocycles. The molecular weight excluding hydrogens is 248 g/mol. The number of aryl methyl sites for hydroxylation is 1. The van der Waals surface area contributed by atoms with Gasteiger partial charge in [-0.3, -0.25) is 0 Å². The van der Waals surface area contributed by atoms with Gasteiger partial charge in [-0.1, -0.05) is 31.2 Å². The number of nitrogens with two attached hydrogens (primary N) is 1. The van der Waals surface area contributed by atoms with Gasteiger partial charge in [0.2, 0.25) is 0 Å². The molecule has 0 fully saturated rings. The number of anilines is 1. The lowest BCUT2D eigenvalue weighted by Gasteiger charge is -2.19. The zero-order chi connectivity index (χ0) is 14.4. The fourth-order valence-corrected chi connectivity index (χ4v) is 2.15. The zero-order valence-electron chi connectivity index (χ0n) is 12.1. The molecule has 0 radical (unpaired) electrons. The van der Waals surface area contributed by atoms with Crippen LogP contribution < -0.4 is 15.8 Å². The summed E-state index contributed by atoms with van der Waals surface area (Å²) in [7, 11) is 1.67. The molecule has 2 aromatic rings. The first-order chi connectivity index (χ1) is 9.76. The van der Waals surface area contributed by atoms with Gasteiger partial charge in [0.25, 0.3) is 0 Å². The van der Waals surface area contributed by atoms with E-state index < -0.39 is 0 Å². The molecule has 1 atom stereocenters. The van der Waals surface area contributed by atoms with Crippen LogP contribution in [0.5, 0.6) is 5.75 Å². The number of rotatable bonds is 6. The first-order valence-electron chi connectivity index (χ1n) is 6.96. The summed E-state index contributed by atoms with van der Waals surface area (Å²) in [5, 5.41) is 3.45. The normalized spacial score (nSPS) is 11.9. The van der Waals surface area contributed by atoms with Crippen LogP contribution >= 0.6 is 0 Å². The third kappa shape index (κ3) is 3.52. The minimum atomic E-state index is 0.120. The molecule has 1 unspecified atom stereocenters. The topological polar surface area (TPSA) is 47.3 Å². The highest BCUT2D eigenvalue weighted by Crippen LogP contribution is 2.21. The van der Waals surface area contributed by atoms with Crippen molar-refractivity contribution in [2.24, 2.45) is 5.73 Å². The minimum Gasteiger partial charge on any atom is -0.497 e. The van der Waals surface area contributed by atoms with Crippen LogP contribution in [-0.4, -0.2) is 13.7 Å². The molecule has 2 rings (SSSR count).